The molecule has 3 heteroatoms. The van der Waals surface area contributed by atoms with Crippen LogP contribution in [-0.2, 0) is 4.79 Å². The highest BCUT2D eigenvalue weighted by Gasteiger charge is 1.95. The second-order valence-corrected chi connectivity index (χ2v) is 5.80. The largest absolute Gasteiger partial charge is 0.478 e. The lowest BCUT2D eigenvalue weighted by atomic mass is 10.1. The van der Waals surface area contributed by atoms with Crippen LogP contribution < -0.4 is 0 Å². The summed E-state index contributed by atoms with van der Waals surface area (Å²) in [7, 11) is 0. The molecule has 0 saturated carbocycles. The number of allylic oxidation sites excluding steroid dienone is 7. The quantitative estimate of drug-likeness (QED) is 0.263. The molecule has 0 aromatic heterocycles. The van der Waals surface area contributed by atoms with Gasteiger partial charge >= 0.3 is 5.97 Å². The molecule has 0 radical (unpaired) electrons. The van der Waals surface area contributed by atoms with Crippen LogP contribution in [0, 0.1) is 0 Å². The molecular weight excluding hydrogens is 288 g/mol. The van der Waals surface area contributed by atoms with Crippen molar-refractivity contribution in [1.29, 1.82) is 0 Å². The molecule has 1 atom stereocenters. The molecule has 0 heterocycles. The minimum atomic E-state index is -0.932. The van der Waals surface area contributed by atoms with Gasteiger partial charge in [0.2, 0.25) is 0 Å². The van der Waals surface area contributed by atoms with Crippen LogP contribution in [0.1, 0.15) is 64.7 Å². The van der Waals surface area contributed by atoms with E-state index in [1.165, 1.54) is 44.6 Å². The Morgan fingerprint density at radius 3 is 1.96 bits per heavy atom. The Kier molecular flexibility index (Phi) is 15.6. The van der Waals surface area contributed by atoms with E-state index in [1.807, 2.05) is 25.2 Å². The topological polar surface area (TPSA) is 57.5 Å². The Hall–Kier alpha value is -1.61. The van der Waals surface area contributed by atoms with Crippen molar-refractivity contribution in [2.24, 2.45) is 0 Å². The number of aliphatic hydroxyl groups is 1. The summed E-state index contributed by atoms with van der Waals surface area (Å²) in [5, 5.41) is 17.5. The highest BCUT2D eigenvalue weighted by molar-refractivity contribution is 5.80. The van der Waals surface area contributed by atoms with E-state index >= 15 is 0 Å². The SMILES string of the molecule is CC(O)CCCCCCCCC/C=C/C=C/C=C/C=C/C(=O)O. The van der Waals surface area contributed by atoms with E-state index in [0.29, 0.717) is 0 Å². The van der Waals surface area contributed by atoms with Crippen molar-refractivity contribution in [3.8, 4) is 0 Å². The number of aliphatic hydroxyl groups excluding tert-OH is 1. The second-order valence-electron chi connectivity index (χ2n) is 5.80. The van der Waals surface area contributed by atoms with E-state index < -0.39 is 5.97 Å². The number of carbonyl (C=O) groups is 1. The Morgan fingerprint density at radius 1 is 0.826 bits per heavy atom. The Labute approximate surface area is 141 Å². The van der Waals surface area contributed by atoms with Crippen LogP contribution in [0.15, 0.2) is 48.6 Å². The van der Waals surface area contributed by atoms with Gasteiger partial charge in [0.15, 0.2) is 0 Å². The molecule has 0 fully saturated rings. The molecule has 0 bridgehead atoms. The summed E-state index contributed by atoms with van der Waals surface area (Å²) in [6.07, 6.45) is 24.8. The number of hydrogen-bond acceptors (Lipinski definition) is 2. The summed E-state index contributed by atoms with van der Waals surface area (Å²) in [5.41, 5.74) is 0. The van der Waals surface area contributed by atoms with Crippen molar-refractivity contribution in [1.82, 2.24) is 0 Å². The Bertz CT molecular complexity index is 390. The van der Waals surface area contributed by atoms with Crippen LogP contribution in [0.25, 0.3) is 0 Å². The van der Waals surface area contributed by atoms with E-state index in [1.54, 1.807) is 12.2 Å². The molecule has 0 aliphatic rings. The van der Waals surface area contributed by atoms with Crippen LogP contribution in [0.2, 0.25) is 0 Å². The molecule has 130 valence electrons. The van der Waals surface area contributed by atoms with Crippen molar-refractivity contribution >= 4 is 5.97 Å². The molecule has 0 rings (SSSR count). The molecule has 0 amide bonds. The highest BCUT2D eigenvalue weighted by Crippen LogP contribution is 2.10. The Balaban J connectivity index is 3.36. The van der Waals surface area contributed by atoms with Crippen molar-refractivity contribution in [3.05, 3.63) is 48.6 Å². The zero-order valence-corrected chi connectivity index (χ0v) is 14.4. The molecule has 0 aromatic carbocycles. The van der Waals surface area contributed by atoms with Crippen molar-refractivity contribution < 1.29 is 15.0 Å². The molecule has 2 N–H and O–H groups in total. The maximum Gasteiger partial charge on any atom is 0.328 e. The van der Waals surface area contributed by atoms with Gasteiger partial charge in [-0.25, -0.2) is 4.79 Å². The summed E-state index contributed by atoms with van der Waals surface area (Å²) < 4.78 is 0. The summed E-state index contributed by atoms with van der Waals surface area (Å²) in [5.74, 6) is -0.932. The van der Waals surface area contributed by atoms with E-state index in [4.69, 9.17) is 10.2 Å². The van der Waals surface area contributed by atoms with Crippen LogP contribution in [-0.4, -0.2) is 22.3 Å². The van der Waals surface area contributed by atoms with Crippen LogP contribution >= 0.6 is 0 Å². The molecule has 0 aromatic rings. The van der Waals surface area contributed by atoms with Gasteiger partial charge in [0.1, 0.15) is 0 Å². The van der Waals surface area contributed by atoms with Gasteiger partial charge in [-0.3, -0.25) is 0 Å². The van der Waals surface area contributed by atoms with Crippen LogP contribution in [0.5, 0.6) is 0 Å². The monoisotopic (exact) mass is 320 g/mol. The maximum absolute atomic E-state index is 10.2. The van der Waals surface area contributed by atoms with E-state index in [9.17, 15) is 4.79 Å². The lowest BCUT2D eigenvalue weighted by Gasteiger charge is -2.03. The number of carboxylic acid groups (broad SMARTS) is 1. The van der Waals surface area contributed by atoms with Crippen molar-refractivity contribution in [2.45, 2.75) is 70.8 Å². The fourth-order valence-electron chi connectivity index (χ4n) is 2.16. The lowest BCUT2D eigenvalue weighted by molar-refractivity contribution is -0.131. The predicted molar refractivity (Wildman–Crippen MR) is 97.4 cm³/mol. The minimum Gasteiger partial charge on any atom is -0.478 e. The molecule has 0 aliphatic heterocycles. The highest BCUT2D eigenvalue weighted by atomic mass is 16.4. The van der Waals surface area contributed by atoms with Crippen LogP contribution in [0.3, 0.4) is 0 Å². The first-order valence-electron chi connectivity index (χ1n) is 8.70. The maximum atomic E-state index is 10.2. The molecule has 1 unspecified atom stereocenters. The van der Waals surface area contributed by atoms with Gasteiger partial charge in [0, 0.05) is 6.08 Å². The zero-order chi connectivity index (χ0) is 17.2. The first kappa shape index (κ1) is 21.4. The summed E-state index contributed by atoms with van der Waals surface area (Å²) >= 11 is 0. The lowest BCUT2D eigenvalue weighted by Crippen LogP contribution is -1.98. The van der Waals surface area contributed by atoms with Gasteiger partial charge in [0.05, 0.1) is 6.10 Å². The van der Waals surface area contributed by atoms with Crippen molar-refractivity contribution in [2.75, 3.05) is 0 Å². The van der Waals surface area contributed by atoms with Gasteiger partial charge in [-0.15, -0.1) is 0 Å². The first-order chi connectivity index (χ1) is 11.1. The fraction of sp³-hybridized carbons (Fsp3) is 0.550. The average molecular weight is 320 g/mol. The molecule has 0 saturated heterocycles. The van der Waals surface area contributed by atoms with Gasteiger partial charge in [-0.1, -0.05) is 81.1 Å². The number of unbranched alkanes of at least 4 members (excludes halogenated alkanes) is 7. The number of carboxylic acids is 1. The van der Waals surface area contributed by atoms with Gasteiger partial charge in [-0.2, -0.15) is 0 Å². The fourth-order valence-corrected chi connectivity index (χ4v) is 2.16. The van der Waals surface area contributed by atoms with E-state index in [2.05, 4.69) is 6.08 Å². The third-order valence-electron chi connectivity index (χ3n) is 3.42. The second kappa shape index (κ2) is 16.8. The molecule has 0 spiro atoms. The first-order valence-corrected chi connectivity index (χ1v) is 8.70. The molecular formula is C20H32O3. The summed E-state index contributed by atoms with van der Waals surface area (Å²) in [6, 6.07) is 0. The average Bonchev–Trinajstić information content (AvgIpc) is 2.49. The van der Waals surface area contributed by atoms with Gasteiger partial charge in [0.25, 0.3) is 0 Å². The van der Waals surface area contributed by atoms with Gasteiger partial charge in [-0.05, 0) is 26.2 Å². The smallest absolute Gasteiger partial charge is 0.328 e. The zero-order valence-electron chi connectivity index (χ0n) is 14.4. The number of aliphatic carboxylic acids is 1. The summed E-state index contributed by atoms with van der Waals surface area (Å²) in [4.78, 5) is 10.2. The predicted octanol–water partition coefficient (Wildman–Crippen LogP) is 5.19. The molecule has 0 aliphatic carbocycles. The van der Waals surface area contributed by atoms with Gasteiger partial charge < -0.3 is 10.2 Å². The normalized spacial score (nSPS) is 13.8. The number of hydrogen-bond donors (Lipinski definition) is 2. The standard InChI is InChI=1S/C20H32O3/c1-19(21)17-15-13-11-9-7-5-3-2-4-6-8-10-12-14-16-18-20(22)23/h4,6,8,10,12,14,16,18-19,21H,2-3,5,7,9,11,13,15,17H2,1H3,(H,22,23)/b6-4+,10-8+,14-12+,18-16+. The van der Waals surface area contributed by atoms with E-state index in [-0.39, 0.29) is 6.10 Å². The number of rotatable bonds is 14. The third kappa shape index (κ3) is 20.4. The van der Waals surface area contributed by atoms with Crippen molar-refractivity contribution in [3.63, 3.8) is 0 Å². The molecule has 3 nitrogen and oxygen atoms in total. The van der Waals surface area contributed by atoms with Crippen LogP contribution in [0.4, 0.5) is 0 Å². The third-order valence-corrected chi connectivity index (χ3v) is 3.42. The minimum absolute atomic E-state index is 0.146. The molecule has 23 heavy (non-hydrogen) atoms. The Morgan fingerprint density at radius 2 is 1.35 bits per heavy atom. The van der Waals surface area contributed by atoms with E-state index in [0.717, 1.165) is 25.3 Å². The summed E-state index contributed by atoms with van der Waals surface area (Å²) in [6.45, 7) is 1.86.